The molecular formula is C16H22N2O3. The first-order valence-electron chi connectivity index (χ1n) is 7.22. The molecule has 0 spiro atoms. The van der Waals surface area contributed by atoms with Gasteiger partial charge in [0.2, 0.25) is 5.91 Å². The van der Waals surface area contributed by atoms with Gasteiger partial charge in [0.25, 0.3) is 0 Å². The van der Waals surface area contributed by atoms with Gasteiger partial charge in [0.05, 0.1) is 6.54 Å². The van der Waals surface area contributed by atoms with Gasteiger partial charge in [-0.3, -0.25) is 9.59 Å². The van der Waals surface area contributed by atoms with E-state index in [9.17, 15) is 14.7 Å². The molecule has 1 aliphatic heterocycles. The third-order valence-corrected chi connectivity index (χ3v) is 4.05. The Hall–Kier alpha value is -2.04. The Labute approximate surface area is 125 Å². The monoisotopic (exact) mass is 290 g/mol. The van der Waals surface area contributed by atoms with Gasteiger partial charge in [-0.25, -0.2) is 0 Å². The van der Waals surface area contributed by atoms with Crippen molar-refractivity contribution in [1.29, 1.82) is 0 Å². The molecule has 0 aromatic heterocycles. The van der Waals surface area contributed by atoms with E-state index in [0.29, 0.717) is 6.54 Å². The van der Waals surface area contributed by atoms with Crippen molar-refractivity contribution in [2.45, 2.75) is 38.6 Å². The summed E-state index contributed by atoms with van der Waals surface area (Å²) in [5.41, 5.74) is 1.38. The Morgan fingerprint density at radius 3 is 2.67 bits per heavy atom. The number of para-hydroxylation sites is 1. The molecule has 0 radical (unpaired) electrons. The van der Waals surface area contributed by atoms with Crippen LogP contribution >= 0.6 is 0 Å². The number of amides is 1. The van der Waals surface area contributed by atoms with E-state index in [-0.39, 0.29) is 18.0 Å². The van der Waals surface area contributed by atoms with Crippen LogP contribution in [0, 0.1) is 0 Å². The number of nitrogens with zero attached hydrogens (tertiary/aromatic N) is 1. The van der Waals surface area contributed by atoms with Crippen LogP contribution in [0.3, 0.4) is 0 Å². The molecule has 0 aliphatic carbocycles. The molecular weight excluding hydrogens is 268 g/mol. The van der Waals surface area contributed by atoms with Gasteiger partial charge in [0.15, 0.2) is 0 Å². The van der Waals surface area contributed by atoms with E-state index in [1.807, 2.05) is 49.9 Å². The highest BCUT2D eigenvalue weighted by Gasteiger charge is 2.34. The number of nitrogens with one attached hydrogen (secondary N) is 1. The summed E-state index contributed by atoms with van der Waals surface area (Å²) in [6.45, 7) is 6.50. The Balaban J connectivity index is 2.12. The standard InChI is InChI=1S/C16H22N2O3/c1-4-16(2,3)17-14(19)10-18-9-12(15(20)21)11-7-5-6-8-13(11)18/h5-8,12H,4,9-10H2,1-3H3,(H,17,19)(H,20,21). The molecule has 0 fully saturated rings. The minimum Gasteiger partial charge on any atom is -0.481 e. The van der Waals surface area contributed by atoms with Gasteiger partial charge >= 0.3 is 5.97 Å². The zero-order chi connectivity index (χ0) is 15.6. The molecule has 1 aromatic rings. The van der Waals surface area contributed by atoms with Crippen LogP contribution in [0.25, 0.3) is 0 Å². The number of rotatable bonds is 5. The van der Waals surface area contributed by atoms with Crippen molar-refractivity contribution in [2.24, 2.45) is 0 Å². The van der Waals surface area contributed by atoms with Gasteiger partial charge in [-0.2, -0.15) is 0 Å². The van der Waals surface area contributed by atoms with E-state index < -0.39 is 11.9 Å². The first kappa shape index (κ1) is 15.4. The van der Waals surface area contributed by atoms with Crippen LogP contribution in [0.15, 0.2) is 24.3 Å². The fourth-order valence-electron chi connectivity index (χ4n) is 2.53. The van der Waals surface area contributed by atoms with E-state index in [2.05, 4.69) is 5.32 Å². The second kappa shape index (κ2) is 5.76. The van der Waals surface area contributed by atoms with Gasteiger partial charge in [-0.15, -0.1) is 0 Å². The summed E-state index contributed by atoms with van der Waals surface area (Å²) < 4.78 is 0. The van der Waals surface area contributed by atoms with E-state index in [1.54, 1.807) is 0 Å². The lowest BCUT2D eigenvalue weighted by molar-refractivity contribution is -0.138. The molecule has 5 nitrogen and oxygen atoms in total. The van der Waals surface area contributed by atoms with Crippen LogP contribution < -0.4 is 10.2 Å². The Kier molecular flexibility index (Phi) is 4.21. The number of carboxylic acid groups (broad SMARTS) is 1. The minimum absolute atomic E-state index is 0.0808. The average Bonchev–Trinajstić information content (AvgIpc) is 2.77. The fraction of sp³-hybridized carbons (Fsp3) is 0.500. The maximum Gasteiger partial charge on any atom is 0.312 e. The molecule has 114 valence electrons. The second-order valence-corrected chi connectivity index (χ2v) is 6.12. The molecule has 0 saturated carbocycles. The summed E-state index contributed by atoms with van der Waals surface area (Å²) in [7, 11) is 0. The lowest BCUT2D eigenvalue weighted by Gasteiger charge is -2.27. The summed E-state index contributed by atoms with van der Waals surface area (Å²) in [6.07, 6.45) is 0.840. The van der Waals surface area contributed by atoms with Crippen LogP contribution in [0.5, 0.6) is 0 Å². The second-order valence-electron chi connectivity index (χ2n) is 6.12. The molecule has 0 saturated heterocycles. The number of aliphatic carboxylic acids is 1. The maximum absolute atomic E-state index is 12.2. The minimum atomic E-state index is -0.848. The van der Waals surface area contributed by atoms with Crippen molar-refractivity contribution < 1.29 is 14.7 Å². The zero-order valence-electron chi connectivity index (χ0n) is 12.7. The summed E-state index contributed by atoms with van der Waals surface area (Å²) in [5.74, 6) is -1.49. The lowest BCUT2D eigenvalue weighted by Crippen LogP contribution is -2.47. The van der Waals surface area contributed by atoms with Gasteiger partial charge in [-0.1, -0.05) is 25.1 Å². The summed E-state index contributed by atoms with van der Waals surface area (Å²) >= 11 is 0. The molecule has 1 atom stereocenters. The SMILES string of the molecule is CCC(C)(C)NC(=O)CN1CC(C(=O)O)c2ccccc21. The average molecular weight is 290 g/mol. The van der Waals surface area contributed by atoms with Crippen LogP contribution in [-0.2, 0) is 9.59 Å². The van der Waals surface area contributed by atoms with Crippen LogP contribution in [-0.4, -0.2) is 35.6 Å². The molecule has 0 bridgehead atoms. The van der Waals surface area contributed by atoms with Crippen molar-refractivity contribution in [1.82, 2.24) is 5.32 Å². The lowest BCUT2D eigenvalue weighted by atomic mass is 10.0. The smallest absolute Gasteiger partial charge is 0.312 e. The highest BCUT2D eigenvalue weighted by atomic mass is 16.4. The summed E-state index contributed by atoms with van der Waals surface area (Å²) in [6, 6.07) is 7.39. The third-order valence-electron chi connectivity index (χ3n) is 4.05. The van der Waals surface area contributed by atoms with Gasteiger partial charge in [-0.05, 0) is 31.9 Å². The van der Waals surface area contributed by atoms with E-state index >= 15 is 0 Å². The molecule has 1 aromatic carbocycles. The maximum atomic E-state index is 12.2. The van der Waals surface area contributed by atoms with Gasteiger partial charge in [0, 0.05) is 17.8 Å². The number of carbonyl (C=O) groups is 2. The van der Waals surface area contributed by atoms with Crippen molar-refractivity contribution in [3.63, 3.8) is 0 Å². The van der Waals surface area contributed by atoms with Gasteiger partial charge < -0.3 is 15.3 Å². The number of hydrogen-bond acceptors (Lipinski definition) is 3. The van der Waals surface area contributed by atoms with Crippen molar-refractivity contribution in [3.05, 3.63) is 29.8 Å². The number of carbonyl (C=O) groups excluding carboxylic acids is 1. The topological polar surface area (TPSA) is 69.6 Å². The quantitative estimate of drug-likeness (QED) is 0.870. The van der Waals surface area contributed by atoms with Crippen molar-refractivity contribution in [2.75, 3.05) is 18.0 Å². The molecule has 1 unspecified atom stereocenters. The zero-order valence-corrected chi connectivity index (χ0v) is 12.7. The van der Waals surface area contributed by atoms with Crippen LogP contribution in [0.2, 0.25) is 0 Å². The number of benzene rings is 1. The number of fused-ring (bicyclic) bond motifs is 1. The van der Waals surface area contributed by atoms with Crippen molar-refractivity contribution in [3.8, 4) is 0 Å². The van der Waals surface area contributed by atoms with Crippen LogP contribution in [0.1, 0.15) is 38.7 Å². The fourth-order valence-corrected chi connectivity index (χ4v) is 2.53. The summed E-state index contributed by atoms with van der Waals surface area (Å²) in [4.78, 5) is 25.3. The normalized spacial score (nSPS) is 17.5. The molecule has 2 rings (SSSR count). The van der Waals surface area contributed by atoms with E-state index in [4.69, 9.17) is 0 Å². The molecule has 1 amide bonds. The number of anilines is 1. The Morgan fingerprint density at radius 2 is 2.05 bits per heavy atom. The Morgan fingerprint density at radius 1 is 1.38 bits per heavy atom. The molecule has 2 N–H and O–H groups in total. The molecule has 5 heteroatoms. The number of carboxylic acids is 1. The molecule has 21 heavy (non-hydrogen) atoms. The first-order chi connectivity index (χ1) is 9.84. The predicted molar refractivity (Wildman–Crippen MR) is 81.5 cm³/mol. The third kappa shape index (κ3) is 3.35. The largest absolute Gasteiger partial charge is 0.481 e. The molecule has 1 aliphatic rings. The first-order valence-corrected chi connectivity index (χ1v) is 7.22. The van der Waals surface area contributed by atoms with Gasteiger partial charge in [0.1, 0.15) is 5.92 Å². The Bertz CT molecular complexity index is 554. The highest BCUT2D eigenvalue weighted by molar-refractivity contribution is 5.87. The number of hydrogen-bond donors (Lipinski definition) is 2. The molecule has 1 heterocycles. The highest BCUT2D eigenvalue weighted by Crippen LogP contribution is 2.35. The van der Waals surface area contributed by atoms with E-state index in [0.717, 1.165) is 17.7 Å². The predicted octanol–water partition coefficient (Wildman–Crippen LogP) is 1.98. The van der Waals surface area contributed by atoms with E-state index in [1.165, 1.54) is 0 Å². The van der Waals surface area contributed by atoms with Crippen LogP contribution in [0.4, 0.5) is 5.69 Å². The summed E-state index contributed by atoms with van der Waals surface area (Å²) in [5, 5.41) is 12.3. The van der Waals surface area contributed by atoms with Crippen molar-refractivity contribution >= 4 is 17.6 Å².